The van der Waals surface area contributed by atoms with E-state index in [4.69, 9.17) is 23.2 Å². The lowest BCUT2D eigenvalue weighted by Gasteiger charge is -2.20. The van der Waals surface area contributed by atoms with E-state index >= 15 is 0 Å². The van der Waals surface area contributed by atoms with Crippen LogP contribution in [0.25, 0.3) is 0 Å². The Morgan fingerprint density at radius 3 is 2.67 bits per heavy atom. The highest BCUT2D eigenvalue weighted by molar-refractivity contribution is 8.14. The van der Waals surface area contributed by atoms with Gasteiger partial charge in [0, 0.05) is 15.3 Å². The van der Waals surface area contributed by atoms with E-state index in [0.29, 0.717) is 15.3 Å². The van der Waals surface area contributed by atoms with Crippen molar-refractivity contribution in [3.05, 3.63) is 33.8 Å². The van der Waals surface area contributed by atoms with Gasteiger partial charge in [-0.25, -0.2) is 0 Å². The van der Waals surface area contributed by atoms with Gasteiger partial charge in [0.05, 0.1) is 12.6 Å². The van der Waals surface area contributed by atoms with Gasteiger partial charge in [-0.1, -0.05) is 67.7 Å². The van der Waals surface area contributed by atoms with Gasteiger partial charge < -0.3 is 5.32 Å². The lowest BCUT2D eigenvalue weighted by molar-refractivity contribution is 0.479. The predicted octanol–water partition coefficient (Wildman–Crippen LogP) is 5.55. The fourth-order valence-corrected chi connectivity index (χ4v) is 4.63. The average Bonchev–Trinajstić information content (AvgIpc) is 2.88. The van der Waals surface area contributed by atoms with Crippen LogP contribution >= 0.6 is 35.0 Å². The summed E-state index contributed by atoms with van der Waals surface area (Å²) in [5.41, 5.74) is 1.05. The third kappa shape index (κ3) is 4.30. The monoisotopic (exact) mass is 344 g/mol. The molecule has 1 aromatic carbocycles. The molecule has 0 fully saturated rings. The van der Waals surface area contributed by atoms with Gasteiger partial charge >= 0.3 is 0 Å². The maximum atomic E-state index is 6.26. The highest BCUT2D eigenvalue weighted by Gasteiger charge is 2.26. The Morgan fingerprint density at radius 1 is 1.33 bits per heavy atom. The first-order valence-electron chi connectivity index (χ1n) is 7.47. The highest BCUT2D eigenvalue weighted by atomic mass is 35.5. The van der Waals surface area contributed by atoms with Gasteiger partial charge in [-0.2, -0.15) is 0 Å². The van der Waals surface area contributed by atoms with Gasteiger partial charge in [0.15, 0.2) is 5.17 Å². The number of nitrogens with one attached hydrogen (secondary N) is 1. The van der Waals surface area contributed by atoms with Crippen molar-refractivity contribution in [2.24, 2.45) is 10.9 Å². The predicted molar refractivity (Wildman–Crippen MR) is 95.8 cm³/mol. The van der Waals surface area contributed by atoms with E-state index in [1.54, 1.807) is 6.07 Å². The third-order valence-electron chi connectivity index (χ3n) is 4.02. The molecule has 2 atom stereocenters. The van der Waals surface area contributed by atoms with Crippen LogP contribution in [0.1, 0.15) is 45.2 Å². The molecule has 0 bridgehead atoms. The van der Waals surface area contributed by atoms with Gasteiger partial charge in [-0.3, -0.25) is 4.99 Å². The number of thioether (sulfide) groups is 1. The largest absolute Gasteiger partial charge is 0.358 e. The molecule has 0 spiro atoms. The molecule has 1 aliphatic rings. The maximum Gasteiger partial charge on any atom is 0.157 e. The highest BCUT2D eigenvalue weighted by Crippen LogP contribution is 2.32. The summed E-state index contributed by atoms with van der Waals surface area (Å²) in [4.78, 5) is 4.65. The van der Waals surface area contributed by atoms with E-state index in [2.05, 4.69) is 31.1 Å². The minimum absolute atomic E-state index is 0.126. The number of halogens is 2. The molecule has 1 heterocycles. The Labute approximate surface area is 141 Å². The van der Waals surface area contributed by atoms with Crippen molar-refractivity contribution in [2.45, 2.75) is 44.9 Å². The number of amidine groups is 1. The molecule has 116 valence electrons. The molecule has 0 radical (unpaired) electrons. The molecule has 0 saturated carbocycles. The molecule has 0 aromatic heterocycles. The fourth-order valence-electron chi connectivity index (χ4n) is 2.65. The molecule has 0 saturated heterocycles. The molecule has 0 aliphatic carbocycles. The van der Waals surface area contributed by atoms with Gasteiger partial charge in [-0.05, 0) is 30.5 Å². The van der Waals surface area contributed by atoms with Crippen molar-refractivity contribution in [3.63, 3.8) is 0 Å². The maximum absolute atomic E-state index is 6.26. The number of hydrogen-bond acceptors (Lipinski definition) is 3. The zero-order valence-electron chi connectivity index (χ0n) is 12.7. The molecular weight excluding hydrogens is 323 g/mol. The Hall–Kier alpha value is -0.380. The molecule has 1 N–H and O–H groups in total. The van der Waals surface area contributed by atoms with Crippen LogP contribution in [0, 0.1) is 5.92 Å². The molecule has 1 aromatic rings. The number of benzene rings is 1. The molecule has 1 aliphatic heterocycles. The Morgan fingerprint density at radius 2 is 2.05 bits per heavy atom. The molecular formula is C16H22Cl2N2S. The Kier molecular flexibility index (Phi) is 6.27. The average molecular weight is 345 g/mol. The summed E-state index contributed by atoms with van der Waals surface area (Å²) in [7, 11) is 0. The fraction of sp³-hybridized carbons (Fsp3) is 0.562. The number of hydrogen-bond donors (Lipinski definition) is 1. The zero-order valence-corrected chi connectivity index (χ0v) is 15.0. The van der Waals surface area contributed by atoms with E-state index in [0.717, 1.165) is 23.2 Å². The Balaban J connectivity index is 1.96. The van der Waals surface area contributed by atoms with Crippen molar-refractivity contribution in [1.29, 1.82) is 0 Å². The van der Waals surface area contributed by atoms with Crippen LogP contribution in [0.2, 0.25) is 10.0 Å². The normalized spacial score (nSPS) is 19.7. The minimum atomic E-state index is 0.126. The second kappa shape index (κ2) is 7.75. The quantitative estimate of drug-likeness (QED) is 0.756. The van der Waals surface area contributed by atoms with Crippen LogP contribution in [0.15, 0.2) is 23.2 Å². The molecule has 2 unspecified atom stereocenters. The molecule has 2 nitrogen and oxygen atoms in total. The van der Waals surface area contributed by atoms with Crippen molar-refractivity contribution >= 4 is 40.1 Å². The lowest BCUT2D eigenvalue weighted by Crippen LogP contribution is -2.24. The first kappa shape index (κ1) is 17.0. The Bertz CT molecular complexity index is 515. The first-order chi connectivity index (χ1) is 10.0. The smallest absolute Gasteiger partial charge is 0.157 e. The summed E-state index contributed by atoms with van der Waals surface area (Å²) in [5.74, 6) is 0.743. The van der Waals surface area contributed by atoms with E-state index < -0.39 is 0 Å². The summed E-state index contributed by atoms with van der Waals surface area (Å²) in [6, 6.07) is 5.76. The van der Waals surface area contributed by atoms with E-state index in [9.17, 15) is 0 Å². The number of nitrogens with zero attached hydrogens (tertiary/aromatic N) is 1. The van der Waals surface area contributed by atoms with E-state index in [-0.39, 0.29) is 6.04 Å². The van der Waals surface area contributed by atoms with Crippen LogP contribution < -0.4 is 5.32 Å². The zero-order chi connectivity index (χ0) is 15.4. The third-order valence-corrected chi connectivity index (χ3v) is 5.89. The molecule has 0 amide bonds. The van der Waals surface area contributed by atoms with Crippen molar-refractivity contribution in [3.8, 4) is 0 Å². The summed E-state index contributed by atoms with van der Waals surface area (Å²) in [6.07, 6.45) is 2.44. The first-order valence-corrected chi connectivity index (χ1v) is 9.11. The summed E-state index contributed by atoms with van der Waals surface area (Å²) >= 11 is 14.1. The van der Waals surface area contributed by atoms with Crippen LogP contribution in [0.4, 0.5) is 0 Å². The molecule has 5 heteroatoms. The van der Waals surface area contributed by atoms with Gasteiger partial charge in [-0.15, -0.1) is 0 Å². The second-order valence-electron chi connectivity index (χ2n) is 5.41. The SMILES string of the molecule is CCC(CC)C1CN=C(NC(C)c2ccc(Cl)cc2Cl)S1. The second-order valence-corrected chi connectivity index (χ2v) is 7.48. The summed E-state index contributed by atoms with van der Waals surface area (Å²) in [6.45, 7) is 7.54. The van der Waals surface area contributed by atoms with Crippen molar-refractivity contribution in [1.82, 2.24) is 5.32 Å². The van der Waals surface area contributed by atoms with Crippen LogP contribution in [-0.2, 0) is 0 Å². The van der Waals surface area contributed by atoms with Gasteiger partial charge in [0.2, 0.25) is 0 Å². The van der Waals surface area contributed by atoms with E-state index in [1.165, 1.54) is 12.8 Å². The van der Waals surface area contributed by atoms with E-state index in [1.807, 2.05) is 23.9 Å². The van der Waals surface area contributed by atoms with Crippen molar-refractivity contribution < 1.29 is 0 Å². The standard InChI is InChI=1S/C16H22Cl2N2S/c1-4-11(5-2)15-9-19-16(21-15)20-10(3)13-7-6-12(17)8-14(13)18/h6-8,10-11,15H,4-5,9H2,1-3H3,(H,19,20). The van der Waals surface area contributed by atoms with Crippen LogP contribution in [0.3, 0.4) is 0 Å². The minimum Gasteiger partial charge on any atom is -0.358 e. The molecule has 2 rings (SSSR count). The summed E-state index contributed by atoms with van der Waals surface area (Å²) < 4.78 is 0. The number of aliphatic imine (C=N–C) groups is 1. The summed E-state index contributed by atoms with van der Waals surface area (Å²) in [5, 5.41) is 6.47. The van der Waals surface area contributed by atoms with Crippen molar-refractivity contribution in [2.75, 3.05) is 6.54 Å². The number of rotatable bonds is 5. The topological polar surface area (TPSA) is 24.4 Å². The molecule has 21 heavy (non-hydrogen) atoms. The van der Waals surface area contributed by atoms with Crippen LogP contribution in [-0.4, -0.2) is 17.0 Å². The van der Waals surface area contributed by atoms with Gasteiger partial charge in [0.1, 0.15) is 0 Å². The lowest BCUT2D eigenvalue weighted by atomic mass is 9.99. The van der Waals surface area contributed by atoms with Gasteiger partial charge in [0.25, 0.3) is 0 Å². The van der Waals surface area contributed by atoms with Crippen LogP contribution in [0.5, 0.6) is 0 Å².